The summed E-state index contributed by atoms with van der Waals surface area (Å²) in [5.74, 6) is 0. The lowest BCUT2D eigenvalue weighted by Gasteiger charge is -2.23. The number of halogens is 1. The highest BCUT2D eigenvalue weighted by molar-refractivity contribution is 9.11. The van der Waals surface area contributed by atoms with Crippen molar-refractivity contribution in [3.8, 4) is 0 Å². The number of nitrogens with zero attached hydrogens (tertiary/aromatic N) is 2. The zero-order valence-corrected chi connectivity index (χ0v) is 8.71. The molecule has 0 spiro atoms. The molecule has 0 N–H and O–H groups in total. The lowest BCUT2D eigenvalue weighted by Crippen LogP contribution is -2.29. The van der Waals surface area contributed by atoms with Crippen LogP contribution in [0, 0.1) is 0 Å². The normalized spacial score (nSPS) is 18.3. The van der Waals surface area contributed by atoms with Crippen molar-refractivity contribution < 1.29 is 4.74 Å². The number of hydrogen-bond donors (Lipinski definition) is 0. The fraction of sp³-hybridized carbons (Fsp3) is 0.600. The van der Waals surface area contributed by atoms with Crippen LogP contribution in [-0.4, -0.2) is 28.7 Å². The fourth-order valence-electron chi connectivity index (χ4n) is 0.665. The Morgan fingerprint density at radius 1 is 1.55 bits per heavy atom. The maximum atomic E-state index is 5.04. The molecule has 1 aliphatic heterocycles. The van der Waals surface area contributed by atoms with Crippen molar-refractivity contribution in [2.75, 3.05) is 13.2 Å². The Morgan fingerprint density at radius 2 is 2.36 bits per heavy atom. The van der Waals surface area contributed by atoms with E-state index in [-0.39, 0.29) is 0 Å². The van der Waals surface area contributed by atoms with E-state index in [9.17, 15) is 0 Å². The van der Waals surface area contributed by atoms with Gasteiger partial charge in [0, 0.05) is 0 Å². The first-order valence-corrected chi connectivity index (χ1v) is 5.57. The van der Waals surface area contributed by atoms with E-state index < -0.39 is 0 Å². The minimum absolute atomic E-state index is 0.592. The molecule has 0 aromatic carbocycles. The first-order chi connectivity index (χ1) is 5.34. The van der Waals surface area contributed by atoms with Gasteiger partial charge >= 0.3 is 0 Å². The van der Waals surface area contributed by atoms with Crippen LogP contribution in [0.5, 0.6) is 0 Å². The van der Waals surface area contributed by atoms with Crippen molar-refractivity contribution in [3.05, 3.63) is 3.92 Å². The molecule has 0 radical (unpaired) electrons. The molecule has 1 aromatic heterocycles. The van der Waals surface area contributed by atoms with Gasteiger partial charge < -0.3 is 4.74 Å². The van der Waals surface area contributed by atoms with Crippen molar-refractivity contribution in [1.82, 2.24) is 10.2 Å². The van der Waals surface area contributed by atoms with E-state index in [0.29, 0.717) is 5.25 Å². The lowest BCUT2D eigenvalue weighted by molar-refractivity contribution is 0.0455. The van der Waals surface area contributed by atoms with E-state index in [2.05, 4.69) is 26.1 Å². The molecule has 3 nitrogen and oxygen atoms in total. The minimum Gasteiger partial charge on any atom is -0.379 e. The monoisotopic (exact) mass is 252 g/mol. The molecule has 1 aliphatic rings. The van der Waals surface area contributed by atoms with Crippen LogP contribution in [0.2, 0.25) is 0 Å². The summed E-state index contributed by atoms with van der Waals surface area (Å²) >= 11 is 6.57. The molecule has 0 atom stereocenters. The van der Waals surface area contributed by atoms with Crippen LogP contribution >= 0.6 is 39.0 Å². The predicted molar refractivity (Wildman–Crippen MR) is 48.1 cm³/mol. The van der Waals surface area contributed by atoms with Gasteiger partial charge in [-0.15, -0.1) is 10.2 Å². The van der Waals surface area contributed by atoms with E-state index in [4.69, 9.17) is 4.74 Å². The first kappa shape index (κ1) is 7.97. The Balaban J connectivity index is 1.95. The van der Waals surface area contributed by atoms with Gasteiger partial charge in [0.1, 0.15) is 0 Å². The molecule has 0 amide bonds. The van der Waals surface area contributed by atoms with E-state index in [1.807, 2.05) is 0 Å². The molecular weight excluding hydrogens is 248 g/mol. The van der Waals surface area contributed by atoms with Gasteiger partial charge in [0.2, 0.25) is 0 Å². The third kappa shape index (κ3) is 1.93. The summed E-state index contributed by atoms with van der Waals surface area (Å²) in [6, 6.07) is 0. The number of hydrogen-bond acceptors (Lipinski definition) is 5. The molecule has 1 aromatic rings. The van der Waals surface area contributed by atoms with Crippen LogP contribution in [0.3, 0.4) is 0 Å². The quantitative estimate of drug-likeness (QED) is 0.804. The summed E-state index contributed by atoms with van der Waals surface area (Å²) in [5.41, 5.74) is 0. The molecule has 60 valence electrons. The SMILES string of the molecule is Brc1nnc(SC2COC2)s1. The van der Waals surface area contributed by atoms with Gasteiger partial charge in [-0.1, -0.05) is 23.1 Å². The van der Waals surface area contributed by atoms with E-state index in [1.54, 1.807) is 23.1 Å². The van der Waals surface area contributed by atoms with Crippen molar-refractivity contribution >= 4 is 39.0 Å². The summed E-state index contributed by atoms with van der Waals surface area (Å²) in [6.45, 7) is 1.70. The fourth-order valence-corrected chi connectivity index (χ4v) is 3.37. The molecule has 2 heterocycles. The Morgan fingerprint density at radius 3 is 2.82 bits per heavy atom. The first-order valence-electron chi connectivity index (χ1n) is 3.08. The van der Waals surface area contributed by atoms with Crippen LogP contribution in [0.4, 0.5) is 0 Å². The molecule has 0 unspecified atom stereocenters. The maximum absolute atomic E-state index is 5.04. The van der Waals surface area contributed by atoms with Gasteiger partial charge in [0.25, 0.3) is 0 Å². The van der Waals surface area contributed by atoms with Crippen molar-refractivity contribution in [2.24, 2.45) is 0 Å². The molecule has 0 aliphatic carbocycles. The van der Waals surface area contributed by atoms with Crippen molar-refractivity contribution in [2.45, 2.75) is 9.59 Å². The van der Waals surface area contributed by atoms with Gasteiger partial charge in [-0.2, -0.15) is 0 Å². The van der Waals surface area contributed by atoms with Gasteiger partial charge in [-0.05, 0) is 15.9 Å². The number of rotatable bonds is 2. The van der Waals surface area contributed by atoms with Gasteiger partial charge in [-0.3, -0.25) is 0 Å². The van der Waals surface area contributed by atoms with Crippen LogP contribution in [0.15, 0.2) is 8.26 Å². The van der Waals surface area contributed by atoms with Crippen LogP contribution in [0.1, 0.15) is 0 Å². The second kappa shape index (κ2) is 3.38. The Hall–Kier alpha value is 0.350. The Bertz CT molecular complexity index is 250. The second-order valence-corrected chi connectivity index (χ2v) is 5.90. The average molecular weight is 253 g/mol. The summed E-state index contributed by atoms with van der Waals surface area (Å²) in [4.78, 5) is 0. The van der Waals surface area contributed by atoms with Crippen molar-refractivity contribution in [3.63, 3.8) is 0 Å². The Kier molecular flexibility index (Phi) is 2.45. The molecular formula is C5H5BrN2OS2. The summed E-state index contributed by atoms with van der Waals surface area (Å²) in [5, 5.41) is 8.41. The molecule has 11 heavy (non-hydrogen) atoms. The average Bonchev–Trinajstić information content (AvgIpc) is 2.27. The zero-order chi connectivity index (χ0) is 7.68. The van der Waals surface area contributed by atoms with Crippen LogP contribution < -0.4 is 0 Å². The van der Waals surface area contributed by atoms with Crippen molar-refractivity contribution in [1.29, 1.82) is 0 Å². The summed E-state index contributed by atoms with van der Waals surface area (Å²) < 4.78 is 6.90. The summed E-state index contributed by atoms with van der Waals surface area (Å²) in [7, 11) is 0. The molecule has 0 bridgehead atoms. The summed E-state index contributed by atoms with van der Waals surface area (Å²) in [6.07, 6.45) is 0. The van der Waals surface area contributed by atoms with Gasteiger partial charge in [-0.25, -0.2) is 0 Å². The largest absolute Gasteiger partial charge is 0.379 e. The molecule has 1 fully saturated rings. The Labute approximate surface area is 80.7 Å². The third-order valence-corrected chi connectivity index (χ3v) is 3.83. The van der Waals surface area contributed by atoms with E-state index in [0.717, 1.165) is 21.5 Å². The second-order valence-electron chi connectivity index (χ2n) is 2.10. The number of aromatic nitrogens is 2. The minimum atomic E-state index is 0.592. The highest BCUT2D eigenvalue weighted by atomic mass is 79.9. The topological polar surface area (TPSA) is 35.0 Å². The number of ether oxygens (including phenoxy) is 1. The highest BCUT2D eigenvalue weighted by Gasteiger charge is 2.21. The van der Waals surface area contributed by atoms with E-state index in [1.165, 1.54) is 0 Å². The third-order valence-electron chi connectivity index (χ3n) is 1.26. The van der Waals surface area contributed by atoms with Gasteiger partial charge in [0.05, 0.1) is 18.5 Å². The lowest BCUT2D eigenvalue weighted by atomic mass is 10.4. The maximum Gasteiger partial charge on any atom is 0.184 e. The predicted octanol–water partition coefficient (Wildman–Crippen LogP) is 1.79. The van der Waals surface area contributed by atoms with Crippen LogP contribution in [-0.2, 0) is 4.74 Å². The standard InChI is InChI=1S/C5H5BrN2OS2/c6-4-7-8-5(11-4)10-3-1-9-2-3/h3H,1-2H2. The highest BCUT2D eigenvalue weighted by Crippen LogP contribution is 2.31. The van der Waals surface area contributed by atoms with Gasteiger partial charge in [0.15, 0.2) is 8.26 Å². The molecule has 1 saturated heterocycles. The molecule has 6 heteroatoms. The van der Waals surface area contributed by atoms with E-state index >= 15 is 0 Å². The number of thioether (sulfide) groups is 1. The molecule has 0 saturated carbocycles. The zero-order valence-electron chi connectivity index (χ0n) is 5.49. The molecule has 2 rings (SSSR count). The smallest absolute Gasteiger partial charge is 0.184 e. The van der Waals surface area contributed by atoms with Crippen LogP contribution in [0.25, 0.3) is 0 Å².